The minimum absolute atomic E-state index is 0.0806. The minimum Gasteiger partial charge on any atom is -0.306 e. The molecule has 3 aromatic rings. The van der Waals surface area contributed by atoms with E-state index < -0.39 is 0 Å². The molecule has 0 fully saturated rings. The minimum atomic E-state index is -0.0806. The summed E-state index contributed by atoms with van der Waals surface area (Å²) < 4.78 is 1.80. The molecule has 0 spiro atoms. The van der Waals surface area contributed by atoms with Gasteiger partial charge in [0.15, 0.2) is 0 Å². The van der Waals surface area contributed by atoms with E-state index in [9.17, 15) is 0 Å². The van der Waals surface area contributed by atoms with Crippen LogP contribution in [0.15, 0.2) is 43.0 Å². The predicted octanol–water partition coefficient (Wildman–Crippen LogP) is 3.74. The zero-order chi connectivity index (χ0) is 14.8. The molecule has 21 heavy (non-hydrogen) atoms. The lowest BCUT2D eigenvalue weighted by atomic mass is 10.00. The third-order valence-corrected chi connectivity index (χ3v) is 4.20. The van der Waals surface area contributed by atoms with Crippen LogP contribution in [-0.4, -0.2) is 21.1 Å². The topological polar surface area (TPSA) is 42.2 Å². The van der Waals surface area contributed by atoms with Crippen molar-refractivity contribution in [1.29, 1.82) is 0 Å². The lowest BCUT2D eigenvalue weighted by molar-refractivity contribution is 0.634. The van der Waals surface area contributed by atoms with Crippen molar-refractivity contribution < 1.29 is 0 Å². The van der Waals surface area contributed by atoms with Gasteiger partial charge in [0.1, 0.15) is 0 Å². The van der Waals surface area contributed by atoms with Crippen LogP contribution >= 0.6 is 23.2 Å². The van der Waals surface area contributed by atoms with Gasteiger partial charge in [0.05, 0.1) is 34.0 Å². The standard InChI is InChI=1S/C15H14Cl2N4/c1-2-19-15(10-4-3-5-12(16)14(10)17)11-8-20-21-7-6-18-9-13(11)21/h3-9,15,19H,2H2,1H3. The Morgan fingerprint density at radius 3 is 2.90 bits per heavy atom. The molecule has 1 aromatic carbocycles. The highest BCUT2D eigenvalue weighted by Gasteiger charge is 2.21. The summed E-state index contributed by atoms with van der Waals surface area (Å²) in [5.74, 6) is 0. The van der Waals surface area contributed by atoms with Crippen LogP contribution in [0.3, 0.4) is 0 Å². The van der Waals surface area contributed by atoms with Gasteiger partial charge < -0.3 is 5.32 Å². The second kappa shape index (κ2) is 6.02. The molecule has 1 unspecified atom stereocenters. The number of nitrogens with zero attached hydrogens (tertiary/aromatic N) is 3. The first-order valence-electron chi connectivity index (χ1n) is 6.67. The largest absolute Gasteiger partial charge is 0.306 e. The molecule has 0 aliphatic heterocycles. The van der Waals surface area contributed by atoms with E-state index in [4.69, 9.17) is 23.2 Å². The fourth-order valence-corrected chi connectivity index (χ4v) is 2.83. The van der Waals surface area contributed by atoms with Gasteiger partial charge in [-0.1, -0.05) is 42.3 Å². The molecule has 1 N–H and O–H groups in total. The van der Waals surface area contributed by atoms with Gasteiger partial charge in [-0.3, -0.25) is 4.98 Å². The summed E-state index contributed by atoms with van der Waals surface area (Å²) in [7, 11) is 0. The first-order valence-corrected chi connectivity index (χ1v) is 7.42. The van der Waals surface area contributed by atoms with Crippen molar-refractivity contribution in [3.63, 3.8) is 0 Å². The molecule has 0 aliphatic carbocycles. The third kappa shape index (κ3) is 2.62. The van der Waals surface area contributed by atoms with Crippen LogP contribution in [0.25, 0.3) is 5.52 Å². The second-order valence-corrected chi connectivity index (χ2v) is 5.42. The summed E-state index contributed by atoms with van der Waals surface area (Å²) in [6, 6.07) is 5.58. The SMILES string of the molecule is CCNC(c1cccc(Cl)c1Cl)c1cnn2ccncc12. The molecule has 0 amide bonds. The first kappa shape index (κ1) is 14.3. The number of halogens is 2. The van der Waals surface area contributed by atoms with E-state index in [-0.39, 0.29) is 6.04 Å². The summed E-state index contributed by atoms with van der Waals surface area (Å²) in [6.45, 7) is 2.85. The molecule has 6 heteroatoms. The Bertz CT molecular complexity index is 769. The molecule has 1 atom stereocenters. The Hall–Kier alpha value is -1.62. The van der Waals surface area contributed by atoms with Crippen molar-refractivity contribution in [2.45, 2.75) is 13.0 Å². The van der Waals surface area contributed by atoms with Gasteiger partial charge in [-0.05, 0) is 18.2 Å². The van der Waals surface area contributed by atoms with Gasteiger partial charge in [0.25, 0.3) is 0 Å². The van der Waals surface area contributed by atoms with Gasteiger partial charge in [-0.2, -0.15) is 5.10 Å². The summed E-state index contributed by atoms with van der Waals surface area (Å²) >= 11 is 12.5. The third-order valence-electron chi connectivity index (χ3n) is 3.37. The summed E-state index contributed by atoms with van der Waals surface area (Å²) in [4.78, 5) is 4.17. The molecule has 0 radical (unpaired) electrons. The zero-order valence-electron chi connectivity index (χ0n) is 11.4. The zero-order valence-corrected chi connectivity index (χ0v) is 12.9. The predicted molar refractivity (Wildman–Crippen MR) is 85.0 cm³/mol. The smallest absolute Gasteiger partial charge is 0.0896 e. The fraction of sp³-hybridized carbons (Fsp3) is 0.200. The van der Waals surface area contributed by atoms with E-state index in [1.165, 1.54) is 0 Å². The van der Waals surface area contributed by atoms with Gasteiger partial charge >= 0.3 is 0 Å². The van der Waals surface area contributed by atoms with E-state index in [1.54, 1.807) is 23.0 Å². The molecule has 0 bridgehead atoms. The number of hydrogen-bond acceptors (Lipinski definition) is 3. The van der Waals surface area contributed by atoms with E-state index in [2.05, 4.69) is 22.3 Å². The molecule has 0 saturated carbocycles. The van der Waals surface area contributed by atoms with Gasteiger partial charge in [-0.15, -0.1) is 0 Å². The maximum atomic E-state index is 6.38. The fourth-order valence-electron chi connectivity index (χ4n) is 2.41. The molecule has 108 valence electrons. The molecule has 4 nitrogen and oxygen atoms in total. The Labute approximate surface area is 132 Å². The highest BCUT2D eigenvalue weighted by molar-refractivity contribution is 6.42. The Morgan fingerprint density at radius 2 is 2.10 bits per heavy atom. The second-order valence-electron chi connectivity index (χ2n) is 4.64. The molecule has 0 aliphatic rings. The first-order chi connectivity index (χ1) is 10.2. The highest BCUT2D eigenvalue weighted by Crippen LogP contribution is 2.34. The average Bonchev–Trinajstić information content (AvgIpc) is 2.92. The van der Waals surface area contributed by atoms with E-state index in [1.807, 2.05) is 24.5 Å². The average molecular weight is 321 g/mol. The number of nitrogens with one attached hydrogen (secondary N) is 1. The lowest BCUT2D eigenvalue weighted by Gasteiger charge is -2.19. The van der Waals surface area contributed by atoms with Crippen molar-refractivity contribution in [3.05, 3.63) is 64.2 Å². The summed E-state index contributed by atoms with van der Waals surface area (Å²) in [5.41, 5.74) is 2.90. The van der Waals surface area contributed by atoms with Crippen LogP contribution in [0.2, 0.25) is 10.0 Å². The molecule has 2 aromatic heterocycles. The monoisotopic (exact) mass is 320 g/mol. The van der Waals surface area contributed by atoms with Crippen LogP contribution in [0, 0.1) is 0 Å². The summed E-state index contributed by atoms with van der Waals surface area (Å²) in [5, 5.41) is 8.91. The number of benzene rings is 1. The normalized spacial score (nSPS) is 12.7. The summed E-state index contributed by atoms with van der Waals surface area (Å²) in [6.07, 6.45) is 7.16. The van der Waals surface area contributed by atoms with Gasteiger partial charge in [0, 0.05) is 18.0 Å². The van der Waals surface area contributed by atoms with E-state index in [0.717, 1.165) is 23.2 Å². The van der Waals surface area contributed by atoms with Crippen LogP contribution in [-0.2, 0) is 0 Å². The maximum absolute atomic E-state index is 6.38. The quantitative estimate of drug-likeness (QED) is 0.796. The molecule has 3 rings (SSSR count). The van der Waals surface area contributed by atoms with Crippen molar-refractivity contribution >= 4 is 28.7 Å². The van der Waals surface area contributed by atoms with E-state index in [0.29, 0.717) is 10.0 Å². The van der Waals surface area contributed by atoms with Crippen LogP contribution in [0.4, 0.5) is 0 Å². The van der Waals surface area contributed by atoms with Crippen molar-refractivity contribution in [2.24, 2.45) is 0 Å². The number of rotatable bonds is 4. The molecular weight excluding hydrogens is 307 g/mol. The number of aromatic nitrogens is 3. The van der Waals surface area contributed by atoms with E-state index >= 15 is 0 Å². The molecule has 2 heterocycles. The highest BCUT2D eigenvalue weighted by atomic mass is 35.5. The molecular formula is C15H14Cl2N4. The number of hydrogen-bond donors (Lipinski definition) is 1. The van der Waals surface area contributed by atoms with Crippen molar-refractivity contribution in [2.75, 3.05) is 6.54 Å². The lowest BCUT2D eigenvalue weighted by Crippen LogP contribution is -2.22. The maximum Gasteiger partial charge on any atom is 0.0896 e. The van der Waals surface area contributed by atoms with Crippen LogP contribution < -0.4 is 5.32 Å². The van der Waals surface area contributed by atoms with Crippen molar-refractivity contribution in [1.82, 2.24) is 19.9 Å². The molecule has 0 saturated heterocycles. The van der Waals surface area contributed by atoms with Crippen LogP contribution in [0.5, 0.6) is 0 Å². The number of fused-ring (bicyclic) bond motifs is 1. The Kier molecular flexibility index (Phi) is 4.10. The van der Waals surface area contributed by atoms with Gasteiger partial charge in [-0.25, -0.2) is 4.52 Å². The Balaban J connectivity index is 2.16. The Morgan fingerprint density at radius 1 is 1.24 bits per heavy atom. The van der Waals surface area contributed by atoms with Crippen LogP contribution in [0.1, 0.15) is 24.1 Å². The van der Waals surface area contributed by atoms with Crippen molar-refractivity contribution in [3.8, 4) is 0 Å². The van der Waals surface area contributed by atoms with Gasteiger partial charge in [0.2, 0.25) is 0 Å².